The Morgan fingerprint density at radius 1 is 0.449 bits per heavy atom. The van der Waals surface area contributed by atoms with Gasteiger partial charge in [-0.25, -0.2) is 0 Å². The first-order chi connectivity index (χ1) is 24.2. The first-order valence-electron chi connectivity index (χ1n) is 16.5. The molecule has 2 aromatic heterocycles. The summed E-state index contributed by atoms with van der Waals surface area (Å²) in [6, 6.07) is 59.6. The van der Waals surface area contributed by atoms with Crippen LogP contribution in [0.2, 0.25) is 0 Å². The number of nitrogens with zero attached hydrogens (tertiary/aromatic N) is 2. The van der Waals surface area contributed by atoms with E-state index >= 15 is 0 Å². The van der Waals surface area contributed by atoms with Crippen LogP contribution in [0.15, 0.2) is 182 Å². The first-order valence-corrected chi connectivity index (χ1v) is 16.5. The van der Waals surface area contributed by atoms with Gasteiger partial charge in [-0.15, -0.1) is 0 Å². The fourth-order valence-corrected chi connectivity index (χ4v) is 7.08. The Morgan fingerprint density at radius 2 is 0.980 bits per heavy atom. The number of hydrogen-bond acceptors (Lipinski definition) is 2. The van der Waals surface area contributed by atoms with Crippen molar-refractivity contribution in [2.45, 2.75) is 0 Å². The number of benzene rings is 7. The summed E-state index contributed by atoms with van der Waals surface area (Å²) in [6.07, 6.45) is 3.68. The predicted molar refractivity (Wildman–Crippen MR) is 206 cm³/mol. The fraction of sp³-hybridized carbons (Fsp3) is 0. The van der Waals surface area contributed by atoms with E-state index in [0.29, 0.717) is 5.71 Å². The summed E-state index contributed by atoms with van der Waals surface area (Å²) in [6.45, 7) is 0. The topological polar surface area (TPSA) is 45.7 Å². The molecular weight excluding hydrogens is 597 g/mol. The first kappa shape index (κ1) is 28.6. The van der Waals surface area contributed by atoms with Gasteiger partial charge in [0.2, 0.25) is 0 Å². The van der Waals surface area contributed by atoms with Crippen LogP contribution in [0.5, 0.6) is 0 Å². The molecule has 4 nitrogen and oxygen atoms in total. The summed E-state index contributed by atoms with van der Waals surface area (Å²) < 4.78 is 4.46. The van der Waals surface area contributed by atoms with Crippen molar-refractivity contribution in [2.75, 3.05) is 5.43 Å². The summed E-state index contributed by atoms with van der Waals surface area (Å²) in [5.41, 5.74) is 15.0. The second-order valence-corrected chi connectivity index (χ2v) is 12.3. The van der Waals surface area contributed by atoms with Crippen molar-refractivity contribution < 1.29 is 0 Å². The zero-order valence-electron chi connectivity index (χ0n) is 26.7. The third kappa shape index (κ3) is 4.98. The summed E-state index contributed by atoms with van der Waals surface area (Å²) >= 11 is 0. The minimum atomic E-state index is 0.435. The molecule has 0 aliphatic rings. The lowest BCUT2D eigenvalue weighted by Gasteiger charge is -2.10. The molecule has 0 atom stereocenters. The average Bonchev–Trinajstić information content (AvgIpc) is 3.67. The number of fused-ring (bicyclic) bond motifs is 6. The fourth-order valence-electron chi connectivity index (χ4n) is 7.08. The van der Waals surface area contributed by atoms with Crippen LogP contribution in [-0.4, -0.2) is 15.0 Å². The van der Waals surface area contributed by atoms with Crippen molar-refractivity contribution in [1.82, 2.24) is 9.24 Å². The molecule has 7 aromatic carbocycles. The molecular formula is C45H32N4. The Kier molecular flexibility index (Phi) is 6.91. The molecule has 9 aromatic rings. The van der Waals surface area contributed by atoms with E-state index in [1.165, 1.54) is 38.3 Å². The number of hydrogen-bond donors (Lipinski definition) is 2. The molecule has 0 saturated carbocycles. The second kappa shape index (κ2) is 11.9. The van der Waals surface area contributed by atoms with Gasteiger partial charge in [-0.1, -0.05) is 127 Å². The quantitative estimate of drug-likeness (QED) is 0.170. The van der Waals surface area contributed by atoms with E-state index in [0.717, 1.165) is 38.8 Å². The van der Waals surface area contributed by atoms with Crippen molar-refractivity contribution in [2.24, 2.45) is 0 Å². The van der Waals surface area contributed by atoms with Gasteiger partial charge in [0.25, 0.3) is 0 Å². The molecule has 0 bridgehead atoms. The molecule has 2 heterocycles. The predicted octanol–water partition coefficient (Wildman–Crippen LogP) is 11.4. The van der Waals surface area contributed by atoms with Gasteiger partial charge in [0.15, 0.2) is 0 Å². The van der Waals surface area contributed by atoms with Gasteiger partial charge in [-0.3, -0.25) is 4.68 Å². The van der Waals surface area contributed by atoms with Crippen LogP contribution in [-0.2, 0) is 0 Å². The van der Waals surface area contributed by atoms with Gasteiger partial charge >= 0.3 is 0 Å². The van der Waals surface area contributed by atoms with Crippen molar-refractivity contribution in [1.29, 1.82) is 5.41 Å². The highest BCUT2D eigenvalue weighted by Gasteiger charge is 2.15. The lowest BCUT2D eigenvalue weighted by atomic mass is 9.98. The van der Waals surface area contributed by atoms with Crippen molar-refractivity contribution in [3.8, 4) is 27.9 Å². The van der Waals surface area contributed by atoms with E-state index in [-0.39, 0.29) is 0 Å². The second-order valence-electron chi connectivity index (χ2n) is 12.3. The minimum Gasteiger partial charge on any atom is -0.309 e. The largest absolute Gasteiger partial charge is 0.309 e. The van der Waals surface area contributed by atoms with Crippen LogP contribution in [0.3, 0.4) is 0 Å². The van der Waals surface area contributed by atoms with Gasteiger partial charge < -0.3 is 15.4 Å². The van der Waals surface area contributed by atoms with Gasteiger partial charge in [0, 0.05) is 39.0 Å². The molecule has 2 N–H and O–H groups in total. The van der Waals surface area contributed by atoms with E-state index in [1.54, 1.807) is 0 Å². The normalized spacial score (nSPS) is 11.7. The maximum absolute atomic E-state index is 8.89. The van der Waals surface area contributed by atoms with Crippen molar-refractivity contribution in [3.05, 3.63) is 188 Å². The van der Waals surface area contributed by atoms with Gasteiger partial charge in [0.1, 0.15) is 0 Å². The van der Waals surface area contributed by atoms with E-state index in [1.807, 2.05) is 30.5 Å². The number of rotatable bonds is 7. The van der Waals surface area contributed by atoms with E-state index < -0.39 is 0 Å². The molecule has 232 valence electrons. The number of allylic oxidation sites excluding steroid dienone is 1. The van der Waals surface area contributed by atoms with Crippen molar-refractivity contribution in [3.63, 3.8) is 0 Å². The summed E-state index contributed by atoms with van der Waals surface area (Å²) in [4.78, 5) is 0. The molecule has 0 amide bonds. The molecule has 0 fully saturated rings. The summed E-state index contributed by atoms with van der Waals surface area (Å²) in [7, 11) is 0. The molecule has 0 aliphatic heterocycles. The Morgan fingerprint density at radius 3 is 1.67 bits per heavy atom. The molecule has 0 spiro atoms. The number of para-hydroxylation sites is 3. The molecule has 49 heavy (non-hydrogen) atoms. The summed E-state index contributed by atoms with van der Waals surface area (Å²) in [5.74, 6) is 0. The molecule has 9 rings (SSSR count). The van der Waals surface area contributed by atoms with Crippen molar-refractivity contribution >= 4 is 49.3 Å². The lowest BCUT2D eigenvalue weighted by Crippen LogP contribution is -2.08. The van der Waals surface area contributed by atoms with Crippen LogP contribution >= 0.6 is 0 Å². The monoisotopic (exact) mass is 628 g/mol. The molecule has 0 radical (unpaired) electrons. The maximum atomic E-state index is 8.89. The number of aromatic nitrogens is 2. The molecule has 0 unspecified atom stereocenters. The van der Waals surface area contributed by atoms with Crippen LogP contribution < -0.4 is 5.43 Å². The summed E-state index contributed by atoms with van der Waals surface area (Å²) in [5, 5.41) is 13.7. The zero-order chi connectivity index (χ0) is 32.7. The van der Waals surface area contributed by atoms with Crippen LogP contribution in [0.25, 0.3) is 71.6 Å². The smallest absolute Gasteiger partial charge is 0.0711 e. The van der Waals surface area contributed by atoms with Crippen LogP contribution in [0.1, 0.15) is 5.56 Å². The average molecular weight is 629 g/mol. The highest BCUT2D eigenvalue weighted by molar-refractivity contribution is 6.12. The Hall–Kier alpha value is -6.65. The van der Waals surface area contributed by atoms with Gasteiger partial charge in [-0.2, -0.15) is 0 Å². The third-order valence-electron chi connectivity index (χ3n) is 9.45. The van der Waals surface area contributed by atoms with E-state index in [4.69, 9.17) is 5.41 Å². The van der Waals surface area contributed by atoms with Gasteiger partial charge in [0.05, 0.1) is 27.8 Å². The van der Waals surface area contributed by atoms with E-state index in [2.05, 4.69) is 166 Å². The third-order valence-corrected chi connectivity index (χ3v) is 9.45. The number of nitrogens with one attached hydrogen (secondary N) is 2. The van der Waals surface area contributed by atoms with E-state index in [9.17, 15) is 0 Å². The Bertz CT molecular complexity index is 2640. The Balaban J connectivity index is 1.02. The highest BCUT2D eigenvalue weighted by atomic mass is 15.4. The standard InChI is InChI=1S/C45H32N4/c46-41(35-14-10-13-34(29-35)33-23-21-32(22-24-33)31-11-2-1-3-12-31)27-28-47-49-44-20-9-6-17-39(44)40-30-36(25-26-45(40)49)48-42-18-7-4-15-37(42)38-16-5-8-19-43(38)48/h1-30,46-47H/b28-27-,46-41?. The highest BCUT2D eigenvalue weighted by Crippen LogP contribution is 2.35. The van der Waals surface area contributed by atoms with Crippen LogP contribution in [0.4, 0.5) is 0 Å². The Labute approximate surface area is 284 Å². The molecule has 0 saturated heterocycles. The lowest BCUT2D eigenvalue weighted by molar-refractivity contribution is 1.05. The zero-order valence-corrected chi connectivity index (χ0v) is 26.7. The SMILES string of the molecule is N=C(/C=C\Nn1c2ccccc2c2cc(-n3c4ccccc4c4ccccc43)ccc21)c1cccc(-c2ccc(-c3ccccc3)cc2)c1. The maximum Gasteiger partial charge on any atom is 0.0711 e. The van der Waals surface area contributed by atoms with Crippen LogP contribution in [0, 0.1) is 5.41 Å². The minimum absolute atomic E-state index is 0.435. The van der Waals surface area contributed by atoms with Gasteiger partial charge in [-0.05, 0) is 70.8 Å². The molecule has 0 aliphatic carbocycles. The molecule has 4 heteroatoms.